The van der Waals surface area contributed by atoms with E-state index in [1.807, 2.05) is 19.1 Å². The number of ether oxygens (including phenoxy) is 2. The highest BCUT2D eigenvalue weighted by Gasteiger charge is 2.24. The average molecular weight is 384 g/mol. The van der Waals surface area contributed by atoms with Crippen LogP contribution in [0.2, 0.25) is 0 Å². The van der Waals surface area contributed by atoms with E-state index in [-0.39, 0.29) is 5.97 Å². The van der Waals surface area contributed by atoms with Crippen molar-refractivity contribution in [2.24, 2.45) is 5.92 Å². The number of esters is 2. The van der Waals surface area contributed by atoms with E-state index in [9.17, 15) is 9.59 Å². The van der Waals surface area contributed by atoms with Gasteiger partial charge in [-0.15, -0.1) is 0 Å². The summed E-state index contributed by atoms with van der Waals surface area (Å²) >= 11 is 0. The van der Waals surface area contributed by atoms with Gasteiger partial charge in [0.25, 0.3) is 0 Å². The van der Waals surface area contributed by atoms with Gasteiger partial charge < -0.3 is 9.47 Å². The van der Waals surface area contributed by atoms with Crippen LogP contribution in [-0.2, 0) is 14.3 Å². The minimum absolute atomic E-state index is 0.0727. The van der Waals surface area contributed by atoms with Crippen molar-refractivity contribution in [3.63, 3.8) is 0 Å². The van der Waals surface area contributed by atoms with Gasteiger partial charge in [-0.25, -0.2) is 4.79 Å². The average Bonchev–Trinajstić information content (AvgIpc) is 3.19. The lowest BCUT2D eigenvalue weighted by atomic mass is 9.77. The monoisotopic (exact) mass is 384 g/mol. The van der Waals surface area contributed by atoms with Crippen LogP contribution >= 0.6 is 0 Å². The van der Waals surface area contributed by atoms with Crippen LogP contribution in [0.1, 0.15) is 67.9 Å². The van der Waals surface area contributed by atoms with Crippen molar-refractivity contribution >= 4 is 11.9 Å². The smallest absolute Gasteiger partial charge is 0.356 e. The lowest BCUT2D eigenvalue weighted by Crippen LogP contribution is -2.17. The summed E-state index contributed by atoms with van der Waals surface area (Å²) in [6.07, 6.45) is 4.86. The van der Waals surface area contributed by atoms with Gasteiger partial charge in [0, 0.05) is 12.0 Å². The SMILES string of the molecule is CCOC(=O)CC1CCC(c2ccc(-c3cc(C(=O)OCC)[nH]n3)cc2)CC1. The Morgan fingerprint density at radius 1 is 1.04 bits per heavy atom. The largest absolute Gasteiger partial charge is 0.466 e. The Hall–Kier alpha value is -2.63. The van der Waals surface area contributed by atoms with E-state index in [1.54, 1.807) is 13.0 Å². The molecule has 1 N–H and O–H groups in total. The van der Waals surface area contributed by atoms with Crippen molar-refractivity contribution in [3.05, 3.63) is 41.6 Å². The maximum absolute atomic E-state index is 11.8. The van der Waals surface area contributed by atoms with Crippen molar-refractivity contribution in [2.75, 3.05) is 13.2 Å². The molecule has 1 aromatic heterocycles. The zero-order valence-electron chi connectivity index (χ0n) is 16.6. The van der Waals surface area contributed by atoms with Crippen molar-refractivity contribution in [2.45, 2.75) is 51.9 Å². The van der Waals surface area contributed by atoms with Crippen LogP contribution in [0.5, 0.6) is 0 Å². The highest BCUT2D eigenvalue weighted by Crippen LogP contribution is 2.37. The highest BCUT2D eigenvalue weighted by atomic mass is 16.5. The number of rotatable bonds is 7. The van der Waals surface area contributed by atoms with Crippen LogP contribution in [0.4, 0.5) is 0 Å². The predicted molar refractivity (Wildman–Crippen MR) is 106 cm³/mol. The number of hydrogen-bond donors (Lipinski definition) is 1. The van der Waals surface area contributed by atoms with Crippen LogP contribution in [0.3, 0.4) is 0 Å². The topological polar surface area (TPSA) is 81.3 Å². The molecule has 6 nitrogen and oxygen atoms in total. The molecule has 150 valence electrons. The van der Waals surface area contributed by atoms with E-state index in [0.29, 0.717) is 37.2 Å². The third-order valence-corrected chi connectivity index (χ3v) is 5.36. The first-order valence-electron chi connectivity index (χ1n) is 10.1. The fourth-order valence-electron chi connectivity index (χ4n) is 3.86. The molecule has 0 unspecified atom stereocenters. The summed E-state index contributed by atoms with van der Waals surface area (Å²) in [5, 5.41) is 6.95. The summed E-state index contributed by atoms with van der Waals surface area (Å²) < 4.78 is 10.0. The number of aromatic amines is 1. The molecule has 2 aromatic rings. The Morgan fingerprint density at radius 2 is 1.71 bits per heavy atom. The number of nitrogens with zero attached hydrogens (tertiary/aromatic N) is 1. The molecule has 0 atom stereocenters. The lowest BCUT2D eigenvalue weighted by molar-refractivity contribution is -0.144. The van der Waals surface area contributed by atoms with Gasteiger partial charge in [0.05, 0.1) is 18.9 Å². The molecule has 0 amide bonds. The molecule has 1 aromatic carbocycles. The van der Waals surface area contributed by atoms with E-state index in [2.05, 4.69) is 22.3 Å². The number of aromatic nitrogens is 2. The quantitative estimate of drug-likeness (QED) is 0.712. The van der Waals surface area contributed by atoms with Crippen molar-refractivity contribution < 1.29 is 19.1 Å². The number of carbonyl (C=O) groups excluding carboxylic acids is 2. The Morgan fingerprint density at radius 3 is 2.36 bits per heavy atom. The number of hydrogen-bond acceptors (Lipinski definition) is 5. The van der Waals surface area contributed by atoms with E-state index in [0.717, 1.165) is 36.9 Å². The van der Waals surface area contributed by atoms with Crippen molar-refractivity contribution in [1.82, 2.24) is 10.2 Å². The van der Waals surface area contributed by atoms with Gasteiger partial charge in [-0.3, -0.25) is 9.89 Å². The number of nitrogens with one attached hydrogen (secondary N) is 1. The second-order valence-corrected chi connectivity index (χ2v) is 7.24. The van der Waals surface area contributed by atoms with Gasteiger partial charge in [-0.05, 0) is 63.0 Å². The van der Waals surface area contributed by atoms with Crippen molar-refractivity contribution in [1.29, 1.82) is 0 Å². The summed E-state index contributed by atoms with van der Waals surface area (Å²) in [5.74, 6) is 0.510. The molecule has 1 heterocycles. The zero-order chi connectivity index (χ0) is 19.9. The Kier molecular flexibility index (Phi) is 6.85. The zero-order valence-corrected chi connectivity index (χ0v) is 16.6. The first kappa shape index (κ1) is 20.1. The minimum Gasteiger partial charge on any atom is -0.466 e. The Bertz CT molecular complexity index is 789. The first-order valence-corrected chi connectivity index (χ1v) is 10.1. The molecule has 0 aliphatic heterocycles. The minimum atomic E-state index is -0.391. The normalized spacial score (nSPS) is 19.2. The third kappa shape index (κ3) is 5.00. The second kappa shape index (κ2) is 9.53. The molecule has 0 saturated heterocycles. The fourth-order valence-corrected chi connectivity index (χ4v) is 3.86. The molecule has 0 radical (unpaired) electrons. The number of carbonyl (C=O) groups is 2. The summed E-state index contributed by atoms with van der Waals surface area (Å²) in [7, 11) is 0. The van der Waals surface area contributed by atoms with Gasteiger partial charge >= 0.3 is 11.9 Å². The van der Waals surface area contributed by atoms with Crippen LogP contribution in [0, 0.1) is 5.92 Å². The van der Waals surface area contributed by atoms with Crippen LogP contribution in [-0.4, -0.2) is 35.3 Å². The first-order chi connectivity index (χ1) is 13.6. The van der Waals surface area contributed by atoms with Gasteiger partial charge in [0.15, 0.2) is 0 Å². The molecule has 1 aliphatic rings. The van der Waals surface area contributed by atoms with E-state index >= 15 is 0 Å². The molecular weight excluding hydrogens is 356 g/mol. The van der Waals surface area contributed by atoms with Gasteiger partial charge in [-0.2, -0.15) is 5.10 Å². The van der Waals surface area contributed by atoms with Crippen LogP contribution < -0.4 is 0 Å². The summed E-state index contributed by atoms with van der Waals surface area (Å²) in [6, 6.07) is 10.1. The van der Waals surface area contributed by atoms with Gasteiger partial charge in [-0.1, -0.05) is 24.3 Å². The van der Waals surface area contributed by atoms with Gasteiger partial charge in [0.1, 0.15) is 5.69 Å². The van der Waals surface area contributed by atoms with Crippen LogP contribution in [0.25, 0.3) is 11.3 Å². The highest BCUT2D eigenvalue weighted by molar-refractivity contribution is 5.88. The summed E-state index contributed by atoms with van der Waals surface area (Å²) in [4.78, 5) is 23.4. The van der Waals surface area contributed by atoms with E-state index in [4.69, 9.17) is 9.47 Å². The molecule has 3 rings (SSSR count). The molecule has 1 aliphatic carbocycles. The third-order valence-electron chi connectivity index (χ3n) is 5.36. The summed E-state index contributed by atoms with van der Waals surface area (Å²) in [5.41, 5.74) is 3.37. The number of benzene rings is 1. The predicted octanol–water partition coefficient (Wildman–Crippen LogP) is 4.48. The Balaban J connectivity index is 1.57. The number of H-pyrrole nitrogens is 1. The maximum Gasteiger partial charge on any atom is 0.356 e. The Labute approximate surface area is 165 Å². The van der Waals surface area contributed by atoms with E-state index in [1.165, 1.54) is 5.56 Å². The molecular formula is C22H28N2O4. The van der Waals surface area contributed by atoms with E-state index < -0.39 is 5.97 Å². The summed E-state index contributed by atoms with van der Waals surface area (Å²) in [6.45, 7) is 4.42. The molecule has 0 bridgehead atoms. The standard InChI is InChI=1S/C22H28N2O4/c1-3-27-21(25)13-15-5-7-16(8-6-15)17-9-11-18(12-10-17)19-14-20(24-23-19)22(26)28-4-2/h9-12,14-16H,3-8,13H2,1-2H3,(H,23,24). The second-order valence-electron chi connectivity index (χ2n) is 7.24. The molecule has 0 spiro atoms. The fraction of sp³-hybridized carbons (Fsp3) is 0.500. The van der Waals surface area contributed by atoms with Crippen LogP contribution in [0.15, 0.2) is 30.3 Å². The van der Waals surface area contributed by atoms with Crippen molar-refractivity contribution in [3.8, 4) is 11.3 Å². The molecule has 28 heavy (non-hydrogen) atoms. The lowest BCUT2D eigenvalue weighted by Gasteiger charge is -2.28. The molecule has 1 saturated carbocycles. The molecule has 1 fully saturated rings. The maximum atomic E-state index is 11.8. The molecule has 6 heteroatoms. The van der Waals surface area contributed by atoms with Gasteiger partial charge in [0.2, 0.25) is 0 Å².